The predicted octanol–water partition coefficient (Wildman–Crippen LogP) is 0.748. The first-order chi connectivity index (χ1) is 13.3. The monoisotopic (exact) mass is 428 g/mol. The Morgan fingerprint density at radius 3 is 2.43 bits per heavy atom. The van der Waals surface area contributed by atoms with Crippen LogP contribution >= 0.6 is 12.2 Å². The molecule has 3 N–H and O–H groups in total. The van der Waals surface area contributed by atoms with Gasteiger partial charge in [0.05, 0.1) is 43.5 Å². The largest absolute Gasteiger partial charge is 0.370 e. The van der Waals surface area contributed by atoms with E-state index >= 15 is 0 Å². The van der Waals surface area contributed by atoms with E-state index < -0.39 is 10.0 Å². The molecule has 9 heteroatoms. The second kappa shape index (κ2) is 10.4. The fourth-order valence-electron chi connectivity index (χ4n) is 3.31. The molecule has 158 valence electrons. The Morgan fingerprint density at radius 1 is 1.21 bits per heavy atom. The summed E-state index contributed by atoms with van der Waals surface area (Å²) in [5.74, 6) is 0. The zero-order chi connectivity index (χ0) is 20.7. The summed E-state index contributed by atoms with van der Waals surface area (Å²) in [6.45, 7) is 8.24. The average Bonchev–Trinajstić information content (AvgIpc) is 3.16. The van der Waals surface area contributed by atoms with Gasteiger partial charge in [-0.25, -0.2) is 8.42 Å². The number of thiocarbonyl (C=S) groups is 1. The van der Waals surface area contributed by atoms with Crippen molar-refractivity contribution in [2.24, 2.45) is 0 Å². The maximum Gasteiger partial charge on any atom is 0.243 e. The number of nitrogens with zero attached hydrogens (tertiary/aromatic N) is 2. The topological polar surface area (TPSA) is 69.1 Å². The summed E-state index contributed by atoms with van der Waals surface area (Å²) in [6.07, 6.45) is 2.29. The zero-order valence-electron chi connectivity index (χ0n) is 17.4. The van der Waals surface area contributed by atoms with E-state index in [2.05, 4.69) is 29.6 Å². The third-order valence-electron chi connectivity index (χ3n) is 4.92. The molecule has 0 atom stereocenters. The molecule has 1 aliphatic heterocycles. The number of likely N-dealkylation sites (N-methyl/N-ethyl adjacent to an activating group) is 1. The lowest BCUT2D eigenvalue weighted by Gasteiger charge is -2.24. The van der Waals surface area contributed by atoms with Crippen LogP contribution in [0.4, 0.5) is 11.4 Å². The van der Waals surface area contributed by atoms with Crippen LogP contribution in [0.3, 0.4) is 0 Å². The van der Waals surface area contributed by atoms with Gasteiger partial charge in [-0.05, 0) is 43.3 Å². The minimum Gasteiger partial charge on any atom is -0.370 e. The lowest BCUT2D eigenvalue weighted by atomic mass is 10.2. The minimum atomic E-state index is -3.52. The van der Waals surface area contributed by atoms with Crippen molar-refractivity contribution in [1.82, 2.24) is 9.62 Å². The number of rotatable bonds is 9. The molecule has 0 radical (unpaired) electrons. The molecule has 0 bridgehead atoms. The van der Waals surface area contributed by atoms with Crippen molar-refractivity contribution in [3.05, 3.63) is 18.2 Å². The van der Waals surface area contributed by atoms with Crippen LogP contribution in [-0.2, 0) is 10.0 Å². The molecule has 0 saturated carbocycles. The van der Waals surface area contributed by atoms with Gasteiger partial charge in [0.25, 0.3) is 0 Å². The summed E-state index contributed by atoms with van der Waals surface area (Å²) in [4.78, 5) is 3.91. The lowest BCUT2D eigenvalue weighted by molar-refractivity contribution is -0.856. The maximum atomic E-state index is 12.9. The average molecular weight is 429 g/mol. The Hall–Kier alpha value is -1.42. The standard InChI is InChI=1S/C19H33N5O2S2/c1-5-24(6-2)28(25,26)16-9-10-18(23-12-7-8-13-23)17(15-16)21-19(27)20-11-14-22(3)4/h9-10,15H,5-8,11-14H2,1-4H3,(H2,20,21,27)/p+1. The minimum absolute atomic E-state index is 0.294. The van der Waals surface area contributed by atoms with Crippen molar-refractivity contribution in [3.63, 3.8) is 0 Å². The molecule has 1 heterocycles. The number of anilines is 2. The number of quaternary nitrogens is 1. The van der Waals surface area contributed by atoms with Crippen LogP contribution in [0.25, 0.3) is 0 Å². The highest BCUT2D eigenvalue weighted by Gasteiger charge is 2.24. The Morgan fingerprint density at radius 2 is 1.86 bits per heavy atom. The number of benzene rings is 1. The molecule has 0 amide bonds. The van der Waals surface area contributed by atoms with Crippen LogP contribution in [0.5, 0.6) is 0 Å². The number of hydrogen-bond acceptors (Lipinski definition) is 4. The molecule has 2 rings (SSSR count). The van der Waals surface area contributed by atoms with Crippen molar-refractivity contribution >= 4 is 38.7 Å². The highest BCUT2D eigenvalue weighted by molar-refractivity contribution is 7.89. The first kappa shape index (κ1) is 22.9. The molecular weight excluding hydrogens is 394 g/mol. The molecule has 1 aromatic carbocycles. The Kier molecular flexibility index (Phi) is 8.48. The van der Waals surface area contributed by atoms with Crippen molar-refractivity contribution in [2.75, 3.05) is 63.6 Å². The summed E-state index contributed by atoms with van der Waals surface area (Å²) in [5.41, 5.74) is 1.74. The van der Waals surface area contributed by atoms with E-state index in [9.17, 15) is 8.42 Å². The fraction of sp³-hybridized carbons (Fsp3) is 0.632. The molecule has 1 aromatic rings. The van der Waals surface area contributed by atoms with Gasteiger partial charge < -0.3 is 20.4 Å². The molecule has 7 nitrogen and oxygen atoms in total. The van der Waals surface area contributed by atoms with Crippen LogP contribution < -0.4 is 20.4 Å². The summed E-state index contributed by atoms with van der Waals surface area (Å²) in [5, 5.41) is 6.95. The quantitative estimate of drug-likeness (QED) is 0.505. The predicted molar refractivity (Wildman–Crippen MR) is 120 cm³/mol. The van der Waals surface area contributed by atoms with Crippen LogP contribution in [0.2, 0.25) is 0 Å². The van der Waals surface area contributed by atoms with Crippen LogP contribution in [0.15, 0.2) is 23.1 Å². The molecule has 0 unspecified atom stereocenters. The summed E-state index contributed by atoms with van der Waals surface area (Å²) in [6, 6.07) is 5.32. The number of sulfonamides is 1. The second-order valence-corrected chi connectivity index (χ2v) is 9.65. The van der Waals surface area contributed by atoms with Crippen molar-refractivity contribution in [3.8, 4) is 0 Å². The van der Waals surface area contributed by atoms with Gasteiger partial charge >= 0.3 is 0 Å². The van der Waals surface area contributed by atoms with E-state index in [1.54, 1.807) is 12.1 Å². The Labute approximate surface area is 175 Å². The Balaban J connectivity index is 2.29. The van der Waals surface area contributed by atoms with Crippen LogP contribution in [0.1, 0.15) is 26.7 Å². The molecule has 1 fully saturated rings. The van der Waals surface area contributed by atoms with E-state index in [4.69, 9.17) is 12.2 Å². The molecule has 0 spiro atoms. The van der Waals surface area contributed by atoms with Crippen molar-refractivity contribution < 1.29 is 13.3 Å². The van der Waals surface area contributed by atoms with Gasteiger partial charge in [-0.15, -0.1) is 0 Å². The summed E-state index contributed by atoms with van der Waals surface area (Å²) < 4.78 is 27.4. The zero-order valence-corrected chi connectivity index (χ0v) is 19.0. The third kappa shape index (κ3) is 5.79. The first-order valence-electron chi connectivity index (χ1n) is 10.0. The third-order valence-corrected chi connectivity index (χ3v) is 7.21. The highest BCUT2D eigenvalue weighted by atomic mass is 32.2. The van der Waals surface area contributed by atoms with Gasteiger partial charge in [0.2, 0.25) is 10.0 Å². The summed E-state index contributed by atoms with van der Waals surface area (Å²) >= 11 is 5.45. The molecule has 1 aliphatic rings. The van der Waals surface area contributed by atoms with E-state index in [0.717, 1.165) is 50.4 Å². The molecule has 28 heavy (non-hydrogen) atoms. The first-order valence-corrected chi connectivity index (χ1v) is 11.9. The molecular formula is C19H34N5O2S2+. The molecule has 0 aromatic heterocycles. The number of nitrogens with one attached hydrogen (secondary N) is 3. The van der Waals surface area contributed by atoms with E-state index in [1.807, 2.05) is 19.9 Å². The smallest absolute Gasteiger partial charge is 0.243 e. The van der Waals surface area contributed by atoms with Gasteiger partial charge in [-0.3, -0.25) is 0 Å². The van der Waals surface area contributed by atoms with E-state index in [1.165, 1.54) is 9.21 Å². The van der Waals surface area contributed by atoms with Gasteiger partial charge in [0.15, 0.2) is 5.11 Å². The van der Waals surface area contributed by atoms with Gasteiger partial charge in [-0.1, -0.05) is 13.8 Å². The van der Waals surface area contributed by atoms with Crippen LogP contribution in [0, 0.1) is 0 Å². The van der Waals surface area contributed by atoms with Crippen molar-refractivity contribution in [2.45, 2.75) is 31.6 Å². The maximum absolute atomic E-state index is 12.9. The SMILES string of the molecule is CCN(CC)S(=O)(=O)c1ccc(N2CCCC2)c(NC(=S)NCC[NH+](C)C)c1. The van der Waals surface area contributed by atoms with Gasteiger partial charge in [0.1, 0.15) is 0 Å². The molecule has 1 saturated heterocycles. The van der Waals surface area contributed by atoms with Crippen LogP contribution in [-0.4, -0.2) is 71.2 Å². The van der Waals surface area contributed by atoms with E-state index in [-0.39, 0.29) is 0 Å². The van der Waals surface area contributed by atoms with Gasteiger partial charge in [-0.2, -0.15) is 4.31 Å². The van der Waals surface area contributed by atoms with E-state index in [0.29, 0.717) is 23.1 Å². The van der Waals surface area contributed by atoms with Crippen molar-refractivity contribution in [1.29, 1.82) is 0 Å². The molecule has 0 aliphatic carbocycles. The summed E-state index contributed by atoms with van der Waals surface area (Å²) in [7, 11) is 0.657. The normalized spacial score (nSPS) is 14.7. The fourth-order valence-corrected chi connectivity index (χ4v) is 5.01. The Bertz CT molecular complexity index is 758. The lowest BCUT2D eigenvalue weighted by Crippen LogP contribution is -3.06. The van der Waals surface area contributed by atoms with Gasteiger partial charge in [0, 0.05) is 26.2 Å². The second-order valence-electron chi connectivity index (χ2n) is 7.30. The number of hydrogen-bond donors (Lipinski definition) is 3. The highest BCUT2D eigenvalue weighted by Crippen LogP contribution is 2.32.